The fraction of sp³-hybridized carbons (Fsp3) is 0.208. The number of H-pyrrole nitrogens is 1. The summed E-state index contributed by atoms with van der Waals surface area (Å²) in [6, 6.07) is 13.4. The Labute approximate surface area is 218 Å². The van der Waals surface area contributed by atoms with E-state index in [9.17, 15) is 9.90 Å². The van der Waals surface area contributed by atoms with Crippen molar-refractivity contribution in [2.24, 2.45) is 0 Å². The van der Waals surface area contributed by atoms with Crippen molar-refractivity contribution in [2.45, 2.75) is 32.7 Å². The van der Waals surface area contributed by atoms with E-state index >= 15 is 0 Å². The number of hydrogen-bond acceptors (Lipinski definition) is 7. The zero-order valence-corrected chi connectivity index (χ0v) is 21.4. The molecule has 5 rings (SSSR count). The van der Waals surface area contributed by atoms with Gasteiger partial charge in [-0.2, -0.15) is 0 Å². The quantitative estimate of drug-likeness (QED) is 0.206. The average Bonchev–Trinajstić information content (AvgIpc) is 3.58. The monoisotopic (exact) mass is 570 g/mol. The lowest BCUT2D eigenvalue weighted by Gasteiger charge is -2.11. The number of hydrogen-bond donors (Lipinski definition) is 2. The largest absolute Gasteiger partial charge is 0.512 e. The molecular formula is C24H20BrClN6O4. The number of unbranched alkanes of at least 4 members (excludes halogenated alkanes) is 1. The molecule has 5 aromatic rings. The lowest BCUT2D eigenvalue weighted by molar-refractivity contribution is 0.140. The SMILES string of the molecule is CCCCc1nc(Cl)c(OC(=O)O)n1Cc1ccc2oc(-c3ccccc3-c3nnn[nH]3)c(Br)c2c1. The van der Waals surface area contributed by atoms with Gasteiger partial charge in [0.1, 0.15) is 17.2 Å². The van der Waals surface area contributed by atoms with Gasteiger partial charge in [0.2, 0.25) is 5.88 Å². The molecule has 0 aliphatic carbocycles. The minimum Gasteiger partial charge on any atom is -0.455 e. The van der Waals surface area contributed by atoms with Crippen LogP contribution in [-0.2, 0) is 13.0 Å². The van der Waals surface area contributed by atoms with Crippen LogP contribution in [-0.4, -0.2) is 41.4 Å². The third kappa shape index (κ3) is 4.59. The van der Waals surface area contributed by atoms with Gasteiger partial charge in [0.05, 0.1) is 11.0 Å². The van der Waals surface area contributed by atoms with Crippen molar-refractivity contribution in [1.82, 2.24) is 30.2 Å². The molecule has 0 radical (unpaired) electrons. The summed E-state index contributed by atoms with van der Waals surface area (Å²) in [7, 11) is 0. The highest BCUT2D eigenvalue weighted by Gasteiger charge is 2.22. The highest BCUT2D eigenvalue weighted by atomic mass is 79.9. The number of tetrazole rings is 1. The maximum atomic E-state index is 11.3. The van der Waals surface area contributed by atoms with E-state index in [4.69, 9.17) is 20.8 Å². The summed E-state index contributed by atoms with van der Waals surface area (Å²) >= 11 is 9.94. The minimum atomic E-state index is -1.45. The van der Waals surface area contributed by atoms with Crippen molar-refractivity contribution in [2.75, 3.05) is 0 Å². The normalized spacial score (nSPS) is 11.3. The first-order valence-corrected chi connectivity index (χ1v) is 12.3. The predicted molar refractivity (Wildman–Crippen MR) is 136 cm³/mol. The molecule has 36 heavy (non-hydrogen) atoms. The van der Waals surface area contributed by atoms with Gasteiger partial charge >= 0.3 is 6.16 Å². The van der Waals surface area contributed by atoms with Crippen LogP contribution in [0.4, 0.5) is 4.79 Å². The average molecular weight is 572 g/mol. The number of carboxylic acid groups (broad SMARTS) is 1. The van der Waals surface area contributed by atoms with Crippen LogP contribution in [0.15, 0.2) is 51.4 Å². The van der Waals surface area contributed by atoms with E-state index in [0.717, 1.165) is 39.4 Å². The number of fused-ring (bicyclic) bond motifs is 1. The number of aromatic nitrogens is 6. The van der Waals surface area contributed by atoms with Gasteiger partial charge in [-0.25, -0.2) is 14.9 Å². The van der Waals surface area contributed by atoms with Crippen LogP contribution < -0.4 is 4.74 Å². The highest BCUT2D eigenvalue weighted by molar-refractivity contribution is 9.10. The summed E-state index contributed by atoms with van der Waals surface area (Å²) < 4.78 is 13.7. The van der Waals surface area contributed by atoms with Crippen molar-refractivity contribution in [3.63, 3.8) is 0 Å². The van der Waals surface area contributed by atoms with E-state index in [1.807, 2.05) is 42.5 Å². The molecule has 10 nitrogen and oxygen atoms in total. The third-order valence-corrected chi connectivity index (χ3v) is 6.74. The first-order valence-electron chi connectivity index (χ1n) is 11.2. The first kappa shape index (κ1) is 24.0. The number of nitrogens with one attached hydrogen (secondary N) is 1. The summed E-state index contributed by atoms with van der Waals surface area (Å²) in [5.41, 5.74) is 3.20. The molecule has 0 bridgehead atoms. The van der Waals surface area contributed by atoms with Gasteiger partial charge in [-0.05, 0) is 50.5 Å². The van der Waals surface area contributed by atoms with E-state index < -0.39 is 6.16 Å². The van der Waals surface area contributed by atoms with Crippen molar-refractivity contribution >= 4 is 44.7 Å². The number of ether oxygens (including phenoxy) is 1. The number of nitrogens with zero attached hydrogens (tertiary/aromatic N) is 5. The molecule has 0 atom stereocenters. The maximum Gasteiger partial charge on any atom is 0.512 e. The second-order valence-corrected chi connectivity index (χ2v) is 9.20. The number of carbonyl (C=O) groups is 1. The molecule has 2 aromatic carbocycles. The van der Waals surface area contributed by atoms with E-state index in [2.05, 4.69) is 48.5 Å². The maximum absolute atomic E-state index is 11.3. The van der Waals surface area contributed by atoms with Crippen LogP contribution >= 0.6 is 27.5 Å². The highest BCUT2D eigenvalue weighted by Crippen LogP contribution is 2.41. The Balaban J connectivity index is 1.55. The van der Waals surface area contributed by atoms with E-state index in [0.29, 0.717) is 36.0 Å². The van der Waals surface area contributed by atoms with Gasteiger partial charge in [-0.3, -0.25) is 4.57 Å². The molecule has 0 fully saturated rings. The summed E-state index contributed by atoms with van der Waals surface area (Å²) in [5, 5.41) is 24.2. The Morgan fingerprint density at radius 2 is 2.06 bits per heavy atom. The Morgan fingerprint density at radius 1 is 1.25 bits per heavy atom. The van der Waals surface area contributed by atoms with Crippen LogP contribution in [0, 0.1) is 0 Å². The number of benzene rings is 2. The molecule has 0 amide bonds. The number of imidazole rings is 1. The second kappa shape index (κ2) is 10.1. The molecule has 12 heteroatoms. The van der Waals surface area contributed by atoms with Crippen molar-refractivity contribution in [1.29, 1.82) is 0 Å². The Hall–Kier alpha value is -3.70. The summed E-state index contributed by atoms with van der Waals surface area (Å²) in [5.74, 6) is 1.84. The molecular weight excluding hydrogens is 552 g/mol. The smallest absolute Gasteiger partial charge is 0.455 e. The lowest BCUT2D eigenvalue weighted by atomic mass is 10.0. The molecule has 0 saturated heterocycles. The van der Waals surface area contributed by atoms with E-state index in [1.54, 1.807) is 4.57 Å². The Bertz CT molecular complexity index is 1550. The van der Waals surface area contributed by atoms with Crippen LogP contribution in [0.2, 0.25) is 5.15 Å². The number of aromatic amines is 1. The van der Waals surface area contributed by atoms with E-state index in [1.165, 1.54) is 0 Å². The predicted octanol–water partition coefficient (Wildman–Crippen LogP) is 6.34. The molecule has 0 saturated carbocycles. The van der Waals surface area contributed by atoms with Crippen molar-refractivity contribution in [3.05, 3.63) is 63.5 Å². The van der Waals surface area contributed by atoms with Gasteiger partial charge in [0.15, 0.2) is 11.0 Å². The first-order chi connectivity index (χ1) is 17.5. The fourth-order valence-electron chi connectivity index (χ4n) is 4.05. The minimum absolute atomic E-state index is 0.0110. The standard InChI is InChI=1S/C24H20BrClN6O4/c1-2-3-8-18-27-21(26)23(36-24(33)34)32(18)12-13-9-10-17-16(11-13)19(25)20(35-17)14-6-4-5-7-15(14)22-28-30-31-29-22/h4-7,9-11H,2-3,8,12H2,1H3,(H,33,34)(H,28,29,30,31). The Morgan fingerprint density at radius 3 is 2.78 bits per heavy atom. The molecule has 0 spiro atoms. The van der Waals surface area contributed by atoms with Gasteiger partial charge in [0, 0.05) is 22.9 Å². The van der Waals surface area contributed by atoms with Crippen LogP contribution in [0.3, 0.4) is 0 Å². The molecule has 0 unspecified atom stereocenters. The molecule has 184 valence electrons. The van der Waals surface area contributed by atoms with Crippen molar-refractivity contribution in [3.8, 4) is 28.6 Å². The van der Waals surface area contributed by atoms with Gasteiger partial charge in [-0.15, -0.1) is 5.10 Å². The lowest BCUT2D eigenvalue weighted by Crippen LogP contribution is -2.12. The number of aryl methyl sites for hydroxylation is 1. The number of halogens is 2. The molecule has 3 heterocycles. The zero-order chi connectivity index (χ0) is 25.2. The van der Waals surface area contributed by atoms with Crippen molar-refractivity contribution < 1.29 is 19.1 Å². The number of rotatable bonds is 8. The summed E-state index contributed by atoms with van der Waals surface area (Å²) in [4.78, 5) is 15.6. The topological polar surface area (TPSA) is 132 Å². The van der Waals surface area contributed by atoms with E-state index in [-0.39, 0.29) is 11.0 Å². The van der Waals surface area contributed by atoms with Gasteiger partial charge in [-0.1, -0.05) is 55.3 Å². The van der Waals surface area contributed by atoms with Gasteiger partial charge in [0.25, 0.3) is 0 Å². The third-order valence-electron chi connectivity index (χ3n) is 5.70. The fourth-order valence-corrected chi connectivity index (χ4v) is 4.89. The Kier molecular flexibility index (Phi) is 6.75. The molecule has 2 N–H and O–H groups in total. The van der Waals surface area contributed by atoms with Gasteiger partial charge < -0.3 is 14.3 Å². The van der Waals surface area contributed by atoms with Crippen LogP contribution in [0.5, 0.6) is 5.88 Å². The zero-order valence-electron chi connectivity index (χ0n) is 19.0. The molecule has 0 aliphatic heterocycles. The summed E-state index contributed by atoms with van der Waals surface area (Å²) in [6.07, 6.45) is 1.05. The molecule has 3 aromatic heterocycles. The second-order valence-electron chi connectivity index (χ2n) is 8.05. The summed E-state index contributed by atoms with van der Waals surface area (Å²) in [6.45, 7) is 2.40. The van der Waals surface area contributed by atoms with Crippen LogP contribution in [0.1, 0.15) is 31.2 Å². The van der Waals surface area contributed by atoms with Crippen LogP contribution in [0.25, 0.3) is 33.7 Å². The molecule has 0 aliphatic rings. The number of furan rings is 1.